The number of likely N-dealkylation sites (tertiary alicyclic amines) is 1. The van der Waals surface area contributed by atoms with E-state index in [4.69, 9.17) is 12.6 Å². The van der Waals surface area contributed by atoms with Crippen LogP contribution in [0.15, 0.2) is 30.6 Å². The third-order valence-electron chi connectivity index (χ3n) is 8.18. The number of amides is 1. The van der Waals surface area contributed by atoms with Crippen molar-refractivity contribution >= 4 is 13.8 Å². The van der Waals surface area contributed by atoms with Crippen molar-refractivity contribution in [2.75, 3.05) is 19.7 Å². The van der Waals surface area contributed by atoms with Crippen LogP contribution in [-0.2, 0) is 4.79 Å². The number of carbonyl (C=O) groups is 1. The summed E-state index contributed by atoms with van der Waals surface area (Å²) in [4.78, 5) is 14.8. The van der Waals surface area contributed by atoms with Gasteiger partial charge in [-0.2, -0.15) is 0 Å². The Morgan fingerprint density at radius 3 is 2.55 bits per heavy atom. The first-order valence-electron chi connectivity index (χ1n) is 12.6. The zero-order valence-electron chi connectivity index (χ0n) is 19.4. The van der Waals surface area contributed by atoms with Crippen LogP contribution in [0.25, 0.3) is 5.69 Å². The average molecular weight is 447 g/mol. The highest BCUT2D eigenvalue weighted by Crippen LogP contribution is 2.66. The first kappa shape index (κ1) is 22.4. The van der Waals surface area contributed by atoms with Crippen molar-refractivity contribution in [2.45, 2.75) is 69.5 Å². The highest BCUT2D eigenvalue weighted by Gasteiger charge is 2.53. The molecule has 1 saturated heterocycles. The lowest BCUT2D eigenvalue weighted by Gasteiger charge is -2.37. The molecule has 5 rings (SSSR count). The SMILES string of the molecule is [B]C1(C2CCN(C(=O)CC3CCCCC3)CC2)CC1CCOc1ccc(-n2cnnn2)cc1. The van der Waals surface area contributed by atoms with Gasteiger partial charge in [-0.25, -0.2) is 4.68 Å². The molecule has 2 atom stereocenters. The van der Waals surface area contributed by atoms with Crippen molar-refractivity contribution in [1.82, 2.24) is 25.1 Å². The van der Waals surface area contributed by atoms with Gasteiger partial charge in [0.25, 0.3) is 0 Å². The Morgan fingerprint density at radius 1 is 1.09 bits per heavy atom. The molecule has 2 radical (unpaired) electrons. The number of ether oxygens (including phenoxy) is 1. The van der Waals surface area contributed by atoms with Crippen LogP contribution in [-0.4, -0.2) is 58.6 Å². The highest BCUT2D eigenvalue weighted by molar-refractivity contribution is 6.18. The smallest absolute Gasteiger partial charge is 0.222 e. The molecule has 2 saturated carbocycles. The Morgan fingerprint density at radius 2 is 1.85 bits per heavy atom. The van der Waals surface area contributed by atoms with Gasteiger partial charge in [0.1, 0.15) is 12.1 Å². The quantitative estimate of drug-likeness (QED) is 0.573. The van der Waals surface area contributed by atoms with Crippen molar-refractivity contribution in [1.29, 1.82) is 0 Å². The van der Waals surface area contributed by atoms with Crippen molar-refractivity contribution in [2.24, 2.45) is 17.8 Å². The summed E-state index contributed by atoms with van der Waals surface area (Å²) in [6, 6.07) is 7.78. The van der Waals surface area contributed by atoms with Crippen molar-refractivity contribution < 1.29 is 9.53 Å². The number of piperidine rings is 1. The summed E-state index contributed by atoms with van der Waals surface area (Å²) in [6.07, 6.45) is 12.9. The fraction of sp³-hybridized carbons (Fsp3) is 0.680. The van der Waals surface area contributed by atoms with E-state index in [1.165, 1.54) is 32.1 Å². The van der Waals surface area contributed by atoms with E-state index < -0.39 is 0 Å². The second kappa shape index (κ2) is 9.86. The molecule has 2 aliphatic carbocycles. The molecule has 1 aromatic carbocycles. The van der Waals surface area contributed by atoms with Gasteiger partial charge in [0.15, 0.2) is 0 Å². The minimum atomic E-state index is -0.0637. The Balaban J connectivity index is 1.02. The maximum Gasteiger partial charge on any atom is 0.222 e. The molecule has 0 spiro atoms. The van der Waals surface area contributed by atoms with E-state index in [0.717, 1.165) is 56.6 Å². The van der Waals surface area contributed by atoms with Gasteiger partial charge in [-0.15, -0.1) is 5.10 Å². The van der Waals surface area contributed by atoms with Gasteiger partial charge in [-0.1, -0.05) is 31.0 Å². The number of rotatable bonds is 8. The average Bonchev–Trinajstić information content (AvgIpc) is 3.23. The summed E-state index contributed by atoms with van der Waals surface area (Å²) < 4.78 is 7.58. The second-order valence-electron chi connectivity index (χ2n) is 10.3. The monoisotopic (exact) mass is 447 g/mol. The molecule has 7 nitrogen and oxygen atoms in total. The Bertz CT molecular complexity index is 907. The lowest BCUT2D eigenvalue weighted by molar-refractivity contribution is -0.133. The largest absolute Gasteiger partial charge is 0.494 e. The molecule has 1 aliphatic heterocycles. The number of nitrogens with zero attached hydrogens (tertiary/aromatic N) is 5. The molecule has 8 heteroatoms. The molecule has 174 valence electrons. The molecular weight excluding hydrogens is 413 g/mol. The standard InChI is InChI=1S/C25H34BN5O2/c26-25(20-10-13-30(14-11-20)24(32)16-19-4-2-1-3-5-19)17-21(25)12-15-33-23-8-6-22(7-9-23)31-18-27-28-29-31/h6-9,18-21H,1-5,10-17H2. The molecule has 0 bridgehead atoms. The van der Waals surface area contributed by atoms with Gasteiger partial charge in [-0.3, -0.25) is 4.79 Å². The maximum atomic E-state index is 12.7. The lowest BCUT2D eigenvalue weighted by atomic mass is 9.67. The third-order valence-corrected chi connectivity index (χ3v) is 8.18. The van der Waals surface area contributed by atoms with Crippen molar-refractivity contribution in [3.8, 4) is 11.4 Å². The minimum absolute atomic E-state index is 0.0637. The molecule has 2 unspecified atom stereocenters. The molecular formula is C25H34BN5O2. The second-order valence-corrected chi connectivity index (χ2v) is 10.3. The number of aromatic nitrogens is 4. The van der Waals surface area contributed by atoms with Gasteiger partial charge in [0.2, 0.25) is 5.91 Å². The van der Waals surface area contributed by atoms with E-state index in [2.05, 4.69) is 20.4 Å². The van der Waals surface area contributed by atoms with Crippen LogP contribution in [0.3, 0.4) is 0 Å². The van der Waals surface area contributed by atoms with Crippen LogP contribution in [0.1, 0.15) is 64.2 Å². The third kappa shape index (κ3) is 5.25. The number of hydrogen-bond donors (Lipinski definition) is 0. The van der Waals surface area contributed by atoms with E-state index in [-0.39, 0.29) is 5.31 Å². The summed E-state index contributed by atoms with van der Waals surface area (Å²) in [5.74, 6) is 2.89. The first-order valence-corrected chi connectivity index (χ1v) is 12.6. The zero-order chi connectivity index (χ0) is 22.7. The number of carbonyl (C=O) groups excluding carboxylic acids is 1. The van der Waals surface area contributed by atoms with Crippen molar-refractivity contribution in [3.05, 3.63) is 30.6 Å². The Hall–Kier alpha value is -2.38. The molecule has 3 aliphatic rings. The van der Waals surface area contributed by atoms with Gasteiger partial charge in [0.05, 0.1) is 20.1 Å². The van der Waals surface area contributed by atoms with Gasteiger partial charge >= 0.3 is 0 Å². The Labute approximate surface area is 197 Å². The van der Waals surface area contributed by atoms with E-state index >= 15 is 0 Å². The Kier molecular flexibility index (Phi) is 6.70. The normalized spacial score (nSPS) is 26.3. The van der Waals surface area contributed by atoms with Crippen LogP contribution >= 0.6 is 0 Å². The molecule has 2 heterocycles. The van der Waals surface area contributed by atoms with Gasteiger partial charge in [0, 0.05) is 19.5 Å². The van der Waals surface area contributed by atoms with E-state index in [1.807, 2.05) is 24.3 Å². The van der Waals surface area contributed by atoms with E-state index in [0.29, 0.717) is 30.3 Å². The molecule has 33 heavy (non-hydrogen) atoms. The minimum Gasteiger partial charge on any atom is -0.494 e. The predicted octanol–water partition coefficient (Wildman–Crippen LogP) is 3.99. The molecule has 2 aromatic rings. The summed E-state index contributed by atoms with van der Waals surface area (Å²) in [7, 11) is 6.81. The summed E-state index contributed by atoms with van der Waals surface area (Å²) in [5.41, 5.74) is 0.902. The van der Waals surface area contributed by atoms with Crippen LogP contribution in [0, 0.1) is 17.8 Å². The predicted molar refractivity (Wildman–Crippen MR) is 126 cm³/mol. The molecule has 1 aromatic heterocycles. The van der Waals surface area contributed by atoms with Crippen molar-refractivity contribution in [3.63, 3.8) is 0 Å². The van der Waals surface area contributed by atoms with Gasteiger partial charge < -0.3 is 9.64 Å². The first-order chi connectivity index (χ1) is 16.1. The van der Waals surface area contributed by atoms with Crippen LogP contribution in [0.4, 0.5) is 0 Å². The van der Waals surface area contributed by atoms with E-state index in [1.54, 1.807) is 11.0 Å². The number of tetrazole rings is 1. The van der Waals surface area contributed by atoms with Crippen LogP contribution in [0.5, 0.6) is 5.75 Å². The summed E-state index contributed by atoms with van der Waals surface area (Å²) in [5, 5.41) is 11.1. The molecule has 3 fully saturated rings. The highest BCUT2D eigenvalue weighted by atomic mass is 16.5. The van der Waals surface area contributed by atoms with Gasteiger partial charge in [-0.05, 0) is 84.6 Å². The van der Waals surface area contributed by atoms with Crippen LogP contribution in [0.2, 0.25) is 5.31 Å². The summed E-state index contributed by atoms with van der Waals surface area (Å²) >= 11 is 0. The summed E-state index contributed by atoms with van der Waals surface area (Å²) in [6.45, 7) is 2.44. The number of hydrogen-bond acceptors (Lipinski definition) is 5. The fourth-order valence-electron chi connectivity index (χ4n) is 5.97. The molecule has 1 amide bonds. The maximum absolute atomic E-state index is 12.7. The van der Waals surface area contributed by atoms with E-state index in [9.17, 15) is 4.79 Å². The lowest BCUT2D eigenvalue weighted by Crippen LogP contribution is -2.40. The molecule has 0 N–H and O–H groups in total. The fourth-order valence-corrected chi connectivity index (χ4v) is 5.97. The zero-order valence-corrected chi connectivity index (χ0v) is 19.4. The van der Waals surface area contributed by atoms with Crippen LogP contribution < -0.4 is 4.74 Å². The number of benzene rings is 1. The topological polar surface area (TPSA) is 73.1 Å².